The molecule has 0 atom stereocenters. The zero-order valence-electron chi connectivity index (χ0n) is 10.5. The van der Waals surface area contributed by atoms with Gasteiger partial charge in [-0.1, -0.05) is 0 Å². The maximum absolute atomic E-state index is 11.8. The van der Waals surface area contributed by atoms with Crippen LogP contribution in [0.5, 0.6) is 0 Å². The molecule has 2 amide bonds. The van der Waals surface area contributed by atoms with Crippen molar-refractivity contribution < 1.29 is 14.0 Å². The lowest BCUT2D eigenvalue weighted by Gasteiger charge is -2.03. The molecule has 2 rings (SSSR count). The van der Waals surface area contributed by atoms with Crippen LogP contribution in [0.25, 0.3) is 11.0 Å². The van der Waals surface area contributed by atoms with Crippen LogP contribution in [0.1, 0.15) is 17.5 Å². The van der Waals surface area contributed by atoms with Gasteiger partial charge in [0.05, 0.1) is 0 Å². The summed E-state index contributed by atoms with van der Waals surface area (Å²) in [7, 11) is 0. The first-order valence-electron chi connectivity index (χ1n) is 5.88. The van der Waals surface area contributed by atoms with Crippen LogP contribution in [0.3, 0.4) is 0 Å². The van der Waals surface area contributed by atoms with Crippen molar-refractivity contribution in [2.45, 2.75) is 6.92 Å². The topological polar surface area (TPSA) is 97.4 Å². The van der Waals surface area contributed by atoms with Crippen LogP contribution in [0.15, 0.2) is 28.7 Å². The number of nitrogen functional groups attached to an aromatic ring is 1. The van der Waals surface area contributed by atoms with Crippen molar-refractivity contribution in [2.24, 2.45) is 0 Å². The normalized spacial score (nSPS) is 10.4. The largest absolute Gasteiger partial charge is 0.451 e. The number of anilines is 1. The van der Waals surface area contributed by atoms with Crippen molar-refractivity contribution in [3.8, 4) is 0 Å². The van der Waals surface area contributed by atoms with E-state index >= 15 is 0 Å². The molecule has 1 aromatic carbocycles. The van der Waals surface area contributed by atoms with E-state index in [1.807, 2.05) is 0 Å². The number of fused-ring (bicyclic) bond motifs is 1. The molecule has 0 aliphatic heterocycles. The van der Waals surface area contributed by atoms with Gasteiger partial charge in [-0.05, 0) is 24.3 Å². The minimum absolute atomic E-state index is 0.131. The minimum atomic E-state index is -0.319. The lowest BCUT2D eigenvalue weighted by Crippen LogP contribution is -2.33. The Hall–Kier alpha value is -2.50. The number of rotatable bonds is 4. The third-order valence-corrected chi connectivity index (χ3v) is 2.55. The third kappa shape index (κ3) is 3.25. The van der Waals surface area contributed by atoms with Crippen LogP contribution in [0.2, 0.25) is 0 Å². The van der Waals surface area contributed by atoms with E-state index in [1.54, 1.807) is 24.3 Å². The summed E-state index contributed by atoms with van der Waals surface area (Å²) in [6.45, 7) is 2.15. The molecule has 4 N–H and O–H groups in total. The fourth-order valence-corrected chi connectivity index (χ4v) is 1.68. The summed E-state index contributed by atoms with van der Waals surface area (Å²) in [4.78, 5) is 22.4. The molecule has 6 heteroatoms. The average molecular weight is 261 g/mol. The fraction of sp³-hybridized carbons (Fsp3) is 0.231. The van der Waals surface area contributed by atoms with Gasteiger partial charge in [-0.3, -0.25) is 9.59 Å². The van der Waals surface area contributed by atoms with Gasteiger partial charge in [-0.15, -0.1) is 0 Å². The smallest absolute Gasteiger partial charge is 0.287 e. The van der Waals surface area contributed by atoms with Gasteiger partial charge < -0.3 is 20.8 Å². The second-order valence-corrected chi connectivity index (χ2v) is 4.15. The monoisotopic (exact) mass is 261 g/mol. The van der Waals surface area contributed by atoms with Crippen molar-refractivity contribution in [3.05, 3.63) is 30.0 Å². The Morgan fingerprint density at radius 3 is 2.68 bits per heavy atom. The first-order chi connectivity index (χ1) is 9.06. The molecule has 0 saturated heterocycles. The summed E-state index contributed by atoms with van der Waals surface area (Å²) in [5, 5.41) is 6.02. The van der Waals surface area contributed by atoms with Gasteiger partial charge in [0.25, 0.3) is 5.91 Å². The number of nitrogens with one attached hydrogen (secondary N) is 2. The van der Waals surface area contributed by atoms with Gasteiger partial charge in [0.2, 0.25) is 5.91 Å². The highest BCUT2D eigenvalue weighted by Crippen LogP contribution is 2.21. The summed E-state index contributed by atoms with van der Waals surface area (Å²) in [5.74, 6) is -0.225. The predicted octanol–water partition coefficient (Wildman–Crippen LogP) is 0.881. The number of benzene rings is 1. The Balaban J connectivity index is 1.99. The molecule has 0 aliphatic carbocycles. The molecule has 0 bridgehead atoms. The second kappa shape index (κ2) is 5.43. The minimum Gasteiger partial charge on any atom is -0.451 e. The highest BCUT2D eigenvalue weighted by Gasteiger charge is 2.11. The standard InChI is InChI=1S/C13H15N3O3/c1-8(17)15-4-5-16-13(18)12-7-9-6-10(14)2-3-11(9)19-12/h2-3,6-7H,4-5,14H2,1H3,(H,15,17)(H,16,18). The van der Waals surface area contributed by atoms with Gasteiger partial charge in [-0.25, -0.2) is 0 Å². The lowest BCUT2D eigenvalue weighted by molar-refractivity contribution is -0.118. The molecule has 1 aromatic heterocycles. The summed E-state index contributed by atoms with van der Waals surface area (Å²) in [6, 6.07) is 6.81. The maximum Gasteiger partial charge on any atom is 0.287 e. The van der Waals surface area contributed by atoms with Crippen molar-refractivity contribution in [1.29, 1.82) is 0 Å². The summed E-state index contributed by atoms with van der Waals surface area (Å²) < 4.78 is 5.41. The number of furan rings is 1. The molecule has 0 unspecified atom stereocenters. The summed E-state index contributed by atoms with van der Waals surface area (Å²) in [5.41, 5.74) is 6.88. The van der Waals surface area contributed by atoms with E-state index in [2.05, 4.69) is 10.6 Å². The van der Waals surface area contributed by atoms with Crippen LogP contribution in [0.4, 0.5) is 5.69 Å². The van der Waals surface area contributed by atoms with Crippen LogP contribution in [0, 0.1) is 0 Å². The average Bonchev–Trinajstić information content (AvgIpc) is 2.77. The Morgan fingerprint density at radius 2 is 1.95 bits per heavy atom. The van der Waals surface area contributed by atoms with Gasteiger partial charge in [0, 0.05) is 31.1 Å². The van der Waals surface area contributed by atoms with E-state index < -0.39 is 0 Å². The Bertz CT molecular complexity index is 619. The van der Waals surface area contributed by atoms with E-state index in [-0.39, 0.29) is 17.6 Å². The Labute approximate surface area is 109 Å². The number of nitrogens with two attached hydrogens (primary N) is 1. The Morgan fingerprint density at radius 1 is 1.21 bits per heavy atom. The quantitative estimate of drug-likeness (QED) is 0.562. The molecule has 100 valence electrons. The van der Waals surface area contributed by atoms with E-state index in [1.165, 1.54) is 6.92 Å². The maximum atomic E-state index is 11.8. The molecule has 0 fully saturated rings. The molecule has 0 radical (unpaired) electrons. The molecule has 0 spiro atoms. The van der Waals surface area contributed by atoms with Crippen molar-refractivity contribution in [2.75, 3.05) is 18.8 Å². The number of carbonyl (C=O) groups is 2. The first-order valence-corrected chi connectivity index (χ1v) is 5.88. The lowest BCUT2D eigenvalue weighted by atomic mass is 10.2. The molecule has 2 aromatic rings. The van der Waals surface area contributed by atoms with Crippen molar-refractivity contribution in [1.82, 2.24) is 10.6 Å². The molecule has 0 saturated carbocycles. The van der Waals surface area contributed by atoms with Crippen LogP contribution >= 0.6 is 0 Å². The molecule has 1 heterocycles. The van der Waals surface area contributed by atoms with E-state index in [0.29, 0.717) is 24.4 Å². The van der Waals surface area contributed by atoms with Crippen LogP contribution in [-0.4, -0.2) is 24.9 Å². The zero-order chi connectivity index (χ0) is 13.8. The molecule has 19 heavy (non-hydrogen) atoms. The second-order valence-electron chi connectivity index (χ2n) is 4.15. The van der Waals surface area contributed by atoms with Crippen molar-refractivity contribution >= 4 is 28.5 Å². The third-order valence-electron chi connectivity index (χ3n) is 2.55. The predicted molar refractivity (Wildman–Crippen MR) is 71.6 cm³/mol. The van der Waals surface area contributed by atoms with Gasteiger partial charge in [0.15, 0.2) is 5.76 Å². The van der Waals surface area contributed by atoms with Crippen molar-refractivity contribution in [3.63, 3.8) is 0 Å². The molecule has 6 nitrogen and oxygen atoms in total. The molecular weight excluding hydrogens is 246 g/mol. The zero-order valence-corrected chi connectivity index (χ0v) is 10.5. The Kier molecular flexibility index (Phi) is 3.70. The van der Waals surface area contributed by atoms with E-state index in [0.717, 1.165) is 5.39 Å². The molecule has 0 aliphatic rings. The summed E-state index contributed by atoms with van der Waals surface area (Å²) in [6.07, 6.45) is 0. The SMILES string of the molecule is CC(=O)NCCNC(=O)c1cc2cc(N)ccc2o1. The molecular formula is C13H15N3O3. The van der Waals surface area contributed by atoms with E-state index in [9.17, 15) is 9.59 Å². The van der Waals surface area contributed by atoms with E-state index in [4.69, 9.17) is 10.2 Å². The number of hydrogen-bond acceptors (Lipinski definition) is 4. The van der Waals surface area contributed by atoms with Gasteiger partial charge in [-0.2, -0.15) is 0 Å². The summed E-state index contributed by atoms with van der Waals surface area (Å²) >= 11 is 0. The number of amides is 2. The van der Waals surface area contributed by atoms with Crippen LogP contribution in [-0.2, 0) is 4.79 Å². The van der Waals surface area contributed by atoms with Gasteiger partial charge >= 0.3 is 0 Å². The highest BCUT2D eigenvalue weighted by atomic mass is 16.3. The highest BCUT2D eigenvalue weighted by molar-refractivity contribution is 5.96. The van der Waals surface area contributed by atoms with Gasteiger partial charge in [0.1, 0.15) is 5.58 Å². The first kappa shape index (κ1) is 12.9. The number of carbonyl (C=O) groups excluding carboxylic acids is 2. The number of hydrogen-bond donors (Lipinski definition) is 3. The van der Waals surface area contributed by atoms with Crippen LogP contribution < -0.4 is 16.4 Å². The fourth-order valence-electron chi connectivity index (χ4n) is 1.68.